The van der Waals surface area contributed by atoms with E-state index >= 15 is 0 Å². The molecule has 10 nitrogen and oxygen atoms in total. The zero-order valence-electron chi connectivity index (χ0n) is 17.9. The molecule has 2 aromatic heterocycles. The van der Waals surface area contributed by atoms with Crippen molar-refractivity contribution in [2.24, 2.45) is 0 Å². The maximum absolute atomic E-state index is 12.9. The predicted octanol–water partition coefficient (Wildman–Crippen LogP) is 3.29. The normalized spacial score (nSPS) is 11.2. The summed E-state index contributed by atoms with van der Waals surface area (Å²) < 4.78 is 34.6. The third-order valence-electron chi connectivity index (χ3n) is 4.00. The van der Waals surface area contributed by atoms with Gasteiger partial charge in [-0.15, -0.1) is 11.3 Å². The fourth-order valence-electron chi connectivity index (χ4n) is 2.62. The van der Waals surface area contributed by atoms with E-state index < -0.39 is 38.5 Å². The molecule has 0 radical (unpaired) electrons. The van der Waals surface area contributed by atoms with Crippen LogP contribution < -0.4 is 5.32 Å². The van der Waals surface area contributed by atoms with E-state index in [1.54, 1.807) is 20.8 Å². The molecule has 0 saturated heterocycles. The van der Waals surface area contributed by atoms with Crippen LogP contribution in [0.2, 0.25) is 5.02 Å². The number of nitrogens with zero attached hydrogens (tertiary/aromatic N) is 2. The Hall–Kier alpha value is -2.57. The monoisotopic (exact) mass is 503 g/mol. The lowest BCUT2D eigenvalue weighted by Gasteiger charge is -2.09. The van der Waals surface area contributed by atoms with Crippen molar-refractivity contribution in [1.82, 2.24) is 9.97 Å². The Kier molecular flexibility index (Phi) is 8.70. The molecule has 0 spiro atoms. The highest BCUT2D eigenvalue weighted by molar-refractivity contribution is 7.91. The molecule has 0 aromatic carbocycles. The minimum Gasteiger partial charge on any atom is -0.462 e. The van der Waals surface area contributed by atoms with Crippen molar-refractivity contribution in [1.29, 1.82) is 0 Å². The van der Waals surface area contributed by atoms with Gasteiger partial charge in [-0.1, -0.05) is 18.5 Å². The number of rotatable bonds is 9. The minimum absolute atomic E-state index is 0.0154. The van der Waals surface area contributed by atoms with E-state index in [9.17, 15) is 22.8 Å². The van der Waals surface area contributed by atoms with E-state index in [1.165, 1.54) is 6.92 Å². The van der Waals surface area contributed by atoms with Gasteiger partial charge in [-0.3, -0.25) is 4.79 Å². The second kappa shape index (κ2) is 10.8. The van der Waals surface area contributed by atoms with E-state index in [4.69, 9.17) is 21.1 Å². The number of halogens is 1. The topological polar surface area (TPSA) is 142 Å². The fourth-order valence-corrected chi connectivity index (χ4v) is 5.05. The van der Waals surface area contributed by atoms with Gasteiger partial charge in [-0.2, -0.15) is 0 Å². The molecular formula is C19H22ClN3O7S2. The minimum atomic E-state index is -3.80. The zero-order chi connectivity index (χ0) is 24.1. The smallest absolute Gasteiger partial charge is 0.348 e. The number of esters is 2. The molecule has 32 heavy (non-hydrogen) atoms. The molecule has 0 aliphatic rings. The highest BCUT2D eigenvalue weighted by Crippen LogP contribution is 2.35. The predicted molar refractivity (Wildman–Crippen MR) is 118 cm³/mol. The van der Waals surface area contributed by atoms with Crippen molar-refractivity contribution in [2.75, 3.05) is 24.3 Å². The number of anilines is 1. The van der Waals surface area contributed by atoms with Crippen LogP contribution in [0.4, 0.5) is 5.00 Å². The molecule has 2 rings (SSSR count). The quantitative estimate of drug-likeness (QED) is 0.402. The first-order valence-electron chi connectivity index (χ1n) is 9.61. The fraction of sp³-hybridized carbons (Fsp3) is 0.421. The Morgan fingerprint density at radius 3 is 2.34 bits per heavy atom. The summed E-state index contributed by atoms with van der Waals surface area (Å²) in [6.07, 6.45) is 1.35. The summed E-state index contributed by atoms with van der Waals surface area (Å²) in [6, 6.07) is 0. The van der Waals surface area contributed by atoms with Crippen LogP contribution in [0, 0.1) is 6.92 Å². The number of nitrogens with one attached hydrogen (secondary N) is 1. The van der Waals surface area contributed by atoms with Gasteiger partial charge in [0.05, 0.1) is 35.7 Å². The van der Waals surface area contributed by atoms with Crippen molar-refractivity contribution < 1.29 is 32.3 Å². The maximum Gasteiger partial charge on any atom is 0.348 e. The lowest BCUT2D eigenvalue weighted by molar-refractivity contribution is 0.0527. The van der Waals surface area contributed by atoms with Gasteiger partial charge in [-0.05, 0) is 32.8 Å². The van der Waals surface area contributed by atoms with Gasteiger partial charge in [-0.25, -0.2) is 28.0 Å². The van der Waals surface area contributed by atoms with Gasteiger partial charge in [0.1, 0.15) is 9.88 Å². The Morgan fingerprint density at radius 1 is 1.12 bits per heavy atom. The number of amides is 1. The molecule has 1 amide bonds. The summed E-state index contributed by atoms with van der Waals surface area (Å²) in [5.41, 5.74) is -0.130. The first-order valence-corrected chi connectivity index (χ1v) is 12.5. The number of aromatic nitrogens is 2. The number of ether oxygens (including phenoxy) is 2. The summed E-state index contributed by atoms with van der Waals surface area (Å²) in [5, 5.41) is 1.77. The van der Waals surface area contributed by atoms with E-state index in [2.05, 4.69) is 15.3 Å². The molecule has 0 aliphatic heterocycles. The van der Waals surface area contributed by atoms with Crippen molar-refractivity contribution in [3.8, 4) is 0 Å². The molecule has 2 aromatic rings. The Morgan fingerprint density at radius 2 is 1.75 bits per heavy atom. The molecule has 0 aliphatic carbocycles. The highest BCUT2D eigenvalue weighted by Gasteiger charge is 2.29. The first kappa shape index (κ1) is 25.7. The molecule has 0 atom stereocenters. The zero-order valence-corrected chi connectivity index (χ0v) is 20.2. The molecule has 0 bridgehead atoms. The number of thiophene rings is 1. The highest BCUT2D eigenvalue weighted by atomic mass is 35.5. The van der Waals surface area contributed by atoms with Crippen LogP contribution in [0.25, 0.3) is 0 Å². The first-order chi connectivity index (χ1) is 15.1. The number of hydrogen-bond donors (Lipinski definition) is 1. The lowest BCUT2D eigenvalue weighted by Crippen LogP contribution is -2.19. The maximum atomic E-state index is 12.9. The average molecular weight is 504 g/mol. The van der Waals surface area contributed by atoms with E-state index in [1.807, 2.05) is 0 Å². The van der Waals surface area contributed by atoms with Crippen LogP contribution in [0.15, 0.2) is 11.4 Å². The summed E-state index contributed by atoms with van der Waals surface area (Å²) >= 11 is 6.84. The van der Waals surface area contributed by atoms with Crippen LogP contribution >= 0.6 is 22.9 Å². The van der Waals surface area contributed by atoms with Crippen LogP contribution in [-0.4, -0.2) is 55.2 Å². The Bertz CT molecular complexity index is 1150. The van der Waals surface area contributed by atoms with Gasteiger partial charge < -0.3 is 14.8 Å². The van der Waals surface area contributed by atoms with E-state index in [0.717, 1.165) is 17.5 Å². The Labute approximate surface area is 194 Å². The largest absolute Gasteiger partial charge is 0.462 e. The van der Waals surface area contributed by atoms with Gasteiger partial charge in [0.15, 0.2) is 5.69 Å². The molecule has 0 fully saturated rings. The van der Waals surface area contributed by atoms with Crippen molar-refractivity contribution in [3.63, 3.8) is 0 Å². The Balaban J connectivity index is 2.50. The summed E-state index contributed by atoms with van der Waals surface area (Å²) in [4.78, 5) is 45.2. The third kappa shape index (κ3) is 5.61. The molecule has 0 saturated carbocycles. The van der Waals surface area contributed by atoms with Crippen molar-refractivity contribution in [3.05, 3.63) is 32.9 Å². The number of hydrogen-bond acceptors (Lipinski definition) is 10. The van der Waals surface area contributed by atoms with E-state index in [0.29, 0.717) is 6.42 Å². The van der Waals surface area contributed by atoms with Gasteiger partial charge >= 0.3 is 11.9 Å². The van der Waals surface area contributed by atoms with Crippen LogP contribution in [-0.2, 0) is 19.3 Å². The molecule has 174 valence electrons. The standard InChI is InChI=1S/C19H22ClN3O7S2/c1-5-8-32(27,28)19-21-9-11(20)13(22-19)15(24)23-16-12(17(25)29-6-2)10(4)14(31-16)18(26)30-7-3/h9H,5-8H2,1-4H3,(H,23,24). The molecule has 13 heteroatoms. The van der Waals surface area contributed by atoms with Crippen molar-refractivity contribution in [2.45, 2.75) is 39.3 Å². The second-order valence-electron chi connectivity index (χ2n) is 6.32. The molecule has 0 unspecified atom stereocenters. The number of carbonyl (C=O) groups is 3. The van der Waals surface area contributed by atoms with Gasteiger partial charge in [0.25, 0.3) is 5.91 Å². The van der Waals surface area contributed by atoms with Gasteiger partial charge in [0, 0.05) is 0 Å². The lowest BCUT2D eigenvalue weighted by atomic mass is 10.1. The summed E-state index contributed by atoms with van der Waals surface area (Å²) in [5.74, 6) is -2.48. The van der Waals surface area contributed by atoms with Crippen LogP contribution in [0.3, 0.4) is 0 Å². The van der Waals surface area contributed by atoms with Crippen LogP contribution in [0.5, 0.6) is 0 Å². The van der Waals surface area contributed by atoms with Crippen molar-refractivity contribution >= 4 is 55.6 Å². The average Bonchev–Trinajstić information content (AvgIpc) is 3.04. The second-order valence-corrected chi connectivity index (χ2v) is 9.75. The van der Waals surface area contributed by atoms with E-state index in [-0.39, 0.29) is 45.0 Å². The van der Waals surface area contributed by atoms with Crippen LogP contribution in [0.1, 0.15) is 63.3 Å². The molecule has 2 heterocycles. The molecule has 1 N–H and O–H groups in total. The number of sulfone groups is 1. The third-order valence-corrected chi connectivity index (χ3v) is 7.16. The SMILES string of the molecule is CCCS(=O)(=O)c1ncc(Cl)c(C(=O)Nc2sc(C(=O)OCC)c(C)c2C(=O)OCC)n1. The number of carbonyl (C=O) groups excluding carboxylic acids is 3. The van der Waals surface area contributed by atoms with Gasteiger partial charge in [0.2, 0.25) is 15.0 Å². The summed E-state index contributed by atoms with van der Waals surface area (Å²) in [6.45, 7) is 6.65. The summed E-state index contributed by atoms with van der Waals surface area (Å²) in [7, 11) is -3.80. The molecular weight excluding hydrogens is 482 g/mol.